The monoisotopic (exact) mass is 403 g/mol. The van der Waals surface area contributed by atoms with Crippen molar-refractivity contribution in [3.63, 3.8) is 0 Å². The third-order valence-electron chi connectivity index (χ3n) is 5.23. The molecule has 1 aliphatic rings. The summed E-state index contributed by atoms with van der Waals surface area (Å²) in [5.41, 5.74) is 0.846. The van der Waals surface area contributed by atoms with Crippen LogP contribution in [0.1, 0.15) is 52.5 Å². The molecule has 162 valence electrons. The van der Waals surface area contributed by atoms with Crippen LogP contribution in [0.2, 0.25) is 0 Å². The van der Waals surface area contributed by atoms with E-state index in [1.165, 1.54) is 5.56 Å². The SMILES string of the molecule is CC(CCc1ccccc1)N1CCCC(C(=O)NCCNC(=O)OC(C)(C)C)C1. The minimum atomic E-state index is -0.518. The lowest BCUT2D eigenvalue weighted by molar-refractivity contribution is -0.127. The molecule has 0 radical (unpaired) electrons. The molecule has 0 saturated carbocycles. The van der Waals surface area contributed by atoms with Gasteiger partial charge in [-0.1, -0.05) is 30.3 Å². The summed E-state index contributed by atoms with van der Waals surface area (Å²) in [6, 6.07) is 11.0. The fourth-order valence-electron chi connectivity index (χ4n) is 3.63. The molecule has 2 rings (SSSR count). The fourth-order valence-corrected chi connectivity index (χ4v) is 3.63. The van der Waals surface area contributed by atoms with Crippen molar-refractivity contribution in [1.29, 1.82) is 0 Å². The van der Waals surface area contributed by atoms with Crippen LogP contribution in [0, 0.1) is 5.92 Å². The van der Waals surface area contributed by atoms with E-state index in [2.05, 4.69) is 46.7 Å². The van der Waals surface area contributed by atoms with Crippen LogP contribution in [0.5, 0.6) is 0 Å². The average Bonchev–Trinajstić information content (AvgIpc) is 2.69. The van der Waals surface area contributed by atoms with Crippen molar-refractivity contribution < 1.29 is 14.3 Å². The zero-order chi connectivity index (χ0) is 21.3. The number of nitrogens with one attached hydrogen (secondary N) is 2. The van der Waals surface area contributed by atoms with Gasteiger partial charge in [0, 0.05) is 25.7 Å². The average molecular weight is 404 g/mol. The number of ether oxygens (including phenoxy) is 1. The highest BCUT2D eigenvalue weighted by atomic mass is 16.6. The molecule has 1 heterocycles. The van der Waals surface area contributed by atoms with E-state index in [1.54, 1.807) is 0 Å². The third-order valence-corrected chi connectivity index (χ3v) is 5.23. The summed E-state index contributed by atoms with van der Waals surface area (Å²) < 4.78 is 5.19. The van der Waals surface area contributed by atoms with E-state index in [-0.39, 0.29) is 11.8 Å². The number of hydrogen-bond acceptors (Lipinski definition) is 4. The summed E-state index contributed by atoms with van der Waals surface area (Å²) in [6.45, 7) is 10.4. The molecule has 6 nitrogen and oxygen atoms in total. The van der Waals surface area contributed by atoms with Crippen molar-refractivity contribution in [3.05, 3.63) is 35.9 Å². The molecule has 0 aliphatic carbocycles. The zero-order valence-electron chi connectivity index (χ0n) is 18.4. The van der Waals surface area contributed by atoms with Crippen LogP contribution in [0.4, 0.5) is 4.79 Å². The van der Waals surface area contributed by atoms with Gasteiger partial charge in [0.05, 0.1) is 5.92 Å². The van der Waals surface area contributed by atoms with Crippen LogP contribution in [0.15, 0.2) is 30.3 Å². The lowest BCUT2D eigenvalue weighted by atomic mass is 9.94. The molecule has 2 unspecified atom stereocenters. The Balaban J connectivity index is 1.68. The third kappa shape index (κ3) is 8.86. The van der Waals surface area contributed by atoms with Gasteiger partial charge in [0.15, 0.2) is 0 Å². The quantitative estimate of drug-likeness (QED) is 0.653. The van der Waals surface area contributed by atoms with Gasteiger partial charge in [-0.2, -0.15) is 0 Å². The Hall–Kier alpha value is -2.08. The fraction of sp³-hybridized carbons (Fsp3) is 0.652. The smallest absolute Gasteiger partial charge is 0.407 e. The topological polar surface area (TPSA) is 70.7 Å². The summed E-state index contributed by atoms with van der Waals surface area (Å²) in [7, 11) is 0. The van der Waals surface area contributed by atoms with E-state index in [0.29, 0.717) is 19.1 Å². The van der Waals surface area contributed by atoms with Gasteiger partial charge in [-0.3, -0.25) is 9.69 Å². The molecule has 2 atom stereocenters. The molecule has 1 aromatic rings. The van der Waals surface area contributed by atoms with Gasteiger partial charge < -0.3 is 15.4 Å². The first-order chi connectivity index (χ1) is 13.7. The molecule has 2 amide bonds. The number of aryl methyl sites for hydroxylation is 1. The number of hydrogen-bond donors (Lipinski definition) is 2. The van der Waals surface area contributed by atoms with Crippen LogP contribution in [-0.2, 0) is 16.0 Å². The number of carbonyl (C=O) groups excluding carboxylic acids is 2. The molecule has 1 aromatic carbocycles. The maximum atomic E-state index is 12.5. The van der Waals surface area contributed by atoms with E-state index >= 15 is 0 Å². The van der Waals surface area contributed by atoms with E-state index in [9.17, 15) is 9.59 Å². The number of rotatable bonds is 8. The highest BCUT2D eigenvalue weighted by Crippen LogP contribution is 2.20. The Bertz CT molecular complexity index is 643. The van der Waals surface area contributed by atoms with Gasteiger partial charge in [0.2, 0.25) is 5.91 Å². The lowest BCUT2D eigenvalue weighted by Gasteiger charge is -2.36. The zero-order valence-corrected chi connectivity index (χ0v) is 18.4. The number of alkyl carbamates (subject to hydrolysis) is 1. The minimum Gasteiger partial charge on any atom is -0.444 e. The Kier molecular flexibility index (Phi) is 8.96. The van der Waals surface area contributed by atoms with E-state index in [1.807, 2.05) is 26.8 Å². The Labute approximate surface area is 175 Å². The first kappa shape index (κ1) is 23.2. The highest BCUT2D eigenvalue weighted by molar-refractivity contribution is 5.79. The number of benzene rings is 1. The second-order valence-corrected chi connectivity index (χ2v) is 8.93. The van der Waals surface area contributed by atoms with Gasteiger partial charge in [0.1, 0.15) is 5.60 Å². The second kappa shape index (κ2) is 11.2. The van der Waals surface area contributed by atoms with Crippen molar-refractivity contribution in [3.8, 4) is 0 Å². The van der Waals surface area contributed by atoms with E-state index < -0.39 is 11.7 Å². The van der Waals surface area contributed by atoms with Crippen LogP contribution in [0.25, 0.3) is 0 Å². The van der Waals surface area contributed by atoms with Crippen molar-refractivity contribution in [2.75, 3.05) is 26.2 Å². The normalized spacial score (nSPS) is 18.7. The molecular weight excluding hydrogens is 366 g/mol. The summed E-state index contributed by atoms with van der Waals surface area (Å²) in [6.07, 6.45) is 3.67. The Morgan fingerprint density at radius 3 is 2.55 bits per heavy atom. The van der Waals surface area contributed by atoms with E-state index in [0.717, 1.165) is 38.8 Å². The summed E-state index contributed by atoms with van der Waals surface area (Å²) in [4.78, 5) is 26.6. The van der Waals surface area contributed by atoms with Gasteiger partial charge in [-0.25, -0.2) is 4.79 Å². The molecule has 6 heteroatoms. The van der Waals surface area contributed by atoms with Gasteiger partial charge in [0.25, 0.3) is 0 Å². The predicted octanol–water partition coefficient (Wildman–Crippen LogP) is 3.36. The lowest BCUT2D eigenvalue weighted by Crippen LogP contribution is -2.47. The van der Waals surface area contributed by atoms with Crippen LogP contribution < -0.4 is 10.6 Å². The number of likely N-dealkylation sites (tertiary alicyclic amines) is 1. The van der Waals surface area contributed by atoms with Crippen molar-refractivity contribution in [1.82, 2.24) is 15.5 Å². The number of amides is 2. The molecule has 1 aliphatic heterocycles. The largest absolute Gasteiger partial charge is 0.444 e. The second-order valence-electron chi connectivity index (χ2n) is 8.93. The highest BCUT2D eigenvalue weighted by Gasteiger charge is 2.28. The van der Waals surface area contributed by atoms with Gasteiger partial charge >= 0.3 is 6.09 Å². The van der Waals surface area contributed by atoms with E-state index in [4.69, 9.17) is 4.74 Å². The maximum absolute atomic E-state index is 12.5. The Morgan fingerprint density at radius 2 is 1.86 bits per heavy atom. The standard InChI is InChI=1S/C23H37N3O3/c1-18(12-13-19-9-6-5-7-10-19)26-16-8-11-20(17-26)21(27)24-14-15-25-22(28)29-23(2,3)4/h5-7,9-10,18,20H,8,11-17H2,1-4H3,(H,24,27)(H,25,28). The number of piperidine rings is 1. The molecular formula is C23H37N3O3. The first-order valence-electron chi connectivity index (χ1n) is 10.8. The van der Waals surface area contributed by atoms with Crippen LogP contribution >= 0.6 is 0 Å². The predicted molar refractivity (Wildman–Crippen MR) is 116 cm³/mol. The Morgan fingerprint density at radius 1 is 1.17 bits per heavy atom. The molecule has 0 aromatic heterocycles. The molecule has 1 saturated heterocycles. The minimum absolute atomic E-state index is 0.0180. The molecule has 29 heavy (non-hydrogen) atoms. The first-order valence-corrected chi connectivity index (χ1v) is 10.8. The molecule has 1 fully saturated rings. The molecule has 0 bridgehead atoms. The summed E-state index contributed by atoms with van der Waals surface area (Å²) >= 11 is 0. The van der Waals surface area contributed by atoms with Gasteiger partial charge in [-0.05, 0) is 65.5 Å². The number of carbonyl (C=O) groups is 2. The van der Waals surface area contributed by atoms with Crippen molar-refractivity contribution in [2.45, 2.75) is 65.0 Å². The van der Waals surface area contributed by atoms with Crippen LogP contribution in [0.3, 0.4) is 0 Å². The van der Waals surface area contributed by atoms with Crippen molar-refractivity contribution >= 4 is 12.0 Å². The summed E-state index contributed by atoms with van der Waals surface area (Å²) in [5, 5.41) is 5.62. The molecule has 0 spiro atoms. The molecule has 2 N–H and O–H groups in total. The number of nitrogens with zero attached hydrogens (tertiary/aromatic N) is 1. The summed E-state index contributed by atoms with van der Waals surface area (Å²) in [5.74, 6) is 0.0976. The van der Waals surface area contributed by atoms with Crippen molar-refractivity contribution in [2.24, 2.45) is 5.92 Å². The van der Waals surface area contributed by atoms with Crippen LogP contribution in [-0.4, -0.2) is 54.7 Å². The van der Waals surface area contributed by atoms with Gasteiger partial charge in [-0.15, -0.1) is 0 Å². The maximum Gasteiger partial charge on any atom is 0.407 e.